The summed E-state index contributed by atoms with van der Waals surface area (Å²) in [6, 6.07) is 0. The largest absolute Gasteiger partial charge is 0.317 e. The van der Waals surface area contributed by atoms with Crippen molar-refractivity contribution < 1.29 is 0 Å². The van der Waals surface area contributed by atoms with E-state index in [0.717, 1.165) is 19.6 Å². The Bertz CT molecular complexity index is 131. The molecule has 70 valence electrons. The second kappa shape index (κ2) is 3.73. The third-order valence-electron chi connectivity index (χ3n) is 3.05. The van der Waals surface area contributed by atoms with Crippen molar-refractivity contribution in [3.63, 3.8) is 0 Å². The van der Waals surface area contributed by atoms with Crippen LogP contribution in [0.15, 0.2) is 0 Å². The van der Waals surface area contributed by atoms with Crippen LogP contribution < -0.4 is 16.0 Å². The first-order valence-electron chi connectivity index (χ1n) is 5.08. The summed E-state index contributed by atoms with van der Waals surface area (Å²) < 4.78 is 0. The van der Waals surface area contributed by atoms with Gasteiger partial charge in [-0.2, -0.15) is 0 Å². The van der Waals surface area contributed by atoms with Crippen LogP contribution in [0.25, 0.3) is 0 Å². The summed E-state index contributed by atoms with van der Waals surface area (Å²) in [6.07, 6.45) is 3.92. The Hall–Kier alpha value is -0.120. The molecule has 3 heteroatoms. The third-order valence-corrected chi connectivity index (χ3v) is 3.05. The van der Waals surface area contributed by atoms with E-state index < -0.39 is 0 Å². The molecule has 1 spiro atoms. The maximum Gasteiger partial charge on any atom is 0.0319 e. The molecule has 0 aromatic rings. The smallest absolute Gasteiger partial charge is 0.0319 e. The molecule has 2 heterocycles. The van der Waals surface area contributed by atoms with Gasteiger partial charge in [-0.3, -0.25) is 0 Å². The summed E-state index contributed by atoms with van der Waals surface area (Å²) >= 11 is 0. The lowest BCUT2D eigenvalue weighted by molar-refractivity contribution is 0.246. The van der Waals surface area contributed by atoms with E-state index in [1.54, 1.807) is 0 Å². The Morgan fingerprint density at radius 3 is 2.67 bits per heavy atom. The normalized spacial score (nSPS) is 38.0. The van der Waals surface area contributed by atoms with E-state index in [2.05, 4.69) is 16.0 Å². The highest BCUT2D eigenvalue weighted by Crippen LogP contribution is 2.19. The van der Waals surface area contributed by atoms with Crippen LogP contribution in [0.2, 0.25) is 0 Å². The fourth-order valence-electron chi connectivity index (χ4n) is 2.29. The van der Waals surface area contributed by atoms with Crippen molar-refractivity contribution in [3.05, 3.63) is 0 Å². The lowest BCUT2D eigenvalue weighted by Crippen LogP contribution is -2.59. The monoisotopic (exact) mass is 169 g/mol. The molecule has 0 aliphatic carbocycles. The molecule has 0 saturated carbocycles. The quantitative estimate of drug-likeness (QED) is 0.465. The van der Waals surface area contributed by atoms with Gasteiger partial charge in [0.05, 0.1) is 0 Å². The molecule has 0 aromatic heterocycles. The Balaban J connectivity index is 1.95. The van der Waals surface area contributed by atoms with Crippen LogP contribution in [0, 0.1) is 0 Å². The minimum atomic E-state index is 0.418. The Kier molecular flexibility index (Phi) is 2.63. The van der Waals surface area contributed by atoms with Gasteiger partial charge in [-0.1, -0.05) is 0 Å². The molecule has 3 nitrogen and oxygen atoms in total. The molecular weight excluding hydrogens is 150 g/mol. The van der Waals surface area contributed by atoms with Crippen molar-refractivity contribution in [1.82, 2.24) is 16.0 Å². The number of rotatable bonds is 0. The maximum absolute atomic E-state index is 3.67. The summed E-state index contributed by atoms with van der Waals surface area (Å²) in [4.78, 5) is 0. The van der Waals surface area contributed by atoms with Gasteiger partial charge >= 0.3 is 0 Å². The average molecular weight is 169 g/mol. The van der Waals surface area contributed by atoms with Gasteiger partial charge in [0, 0.05) is 25.2 Å². The molecule has 2 aliphatic rings. The highest BCUT2D eigenvalue weighted by atomic mass is 15.1. The molecule has 0 aromatic carbocycles. The topological polar surface area (TPSA) is 36.1 Å². The van der Waals surface area contributed by atoms with Crippen molar-refractivity contribution in [2.24, 2.45) is 0 Å². The van der Waals surface area contributed by atoms with E-state index in [1.165, 1.54) is 32.4 Å². The van der Waals surface area contributed by atoms with Gasteiger partial charge in [-0.15, -0.1) is 0 Å². The first-order valence-corrected chi connectivity index (χ1v) is 5.08. The number of hydrogen-bond donors (Lipinski definition) is 3. The average Bonchev–Trinajstić information content (AvgIpc) is 2.33. The van der Waals surface area contributed by atoms with E-state index in [-0.39, 0.29) is 0 Å². The molecule has 0 radical (unpaired) electrons. The molecule has 1 unspecified atom stereocenters. The van der Waals surface area contributed by atoms with Crippen molar-refractivity contribution in [2.75, 3.05) is 32.7 Å². The van der Waals surface area contributed by atoms with Crippen molar-refractivity contribution in [3.8, 4) is 0 Å². The highest BCUT2D eigenvalue weighted by Gasteiger charge is 2.31. The first kappa shape index (κ1) is 8.48. The molecule has 2 saturated heterocycles. The van der Waals surface area contributed by atoms with Crippen LogP contribution in [0.3, 0.4) is 0 Å². The van der Waals surface area contributed by atoms with Gasteiger partial charge in [0.25, 0.3) is 0 Å². The molecule has 2 fully saturated rings. The van der Waals surface area contributed by atoms with Gasteiger partial charge in [0.1, 0.15) is 0 Å². The summed E-state index contributed by atoms with van der Waals surface area (Å²) in [5.41, 5.74) is 0.418. The number of piperazine rings is 1. The van der Waals surface area contributed by atoms with Crippen molar-refractivity contribution >= 4 is 0 Å². The number of nitrogens with one attached hydrogen (secondary N) is 3. The Morgan fingerprint density at radius 2 is 1.83 bits per heavy atom. The maximum atomic E-state index is 3.67. The predicted octanol–water partition coefficient (Wildman–Crippen LogP) is -0.308. The van der Waals surface area contributed by atoms with E-state index >= 15 is 0 Å². The fourth-order valence-corrected chi connectivity index (χ4v) is 2.29. The van der Waals surface area contributed by atoms with Crippen LogP contribution in [0.4, 0.5) is 0 Å². The summed E-state index contributed by atoms with van der Waals surface area (Å²) in [5.74, 6) is 0. The Labute approximate surface area is 74.3 Å². The lowest BCUT2D eigenvalue weighted by atomic mass is 9.89. The van der Waals surface area contributed by atoms with Gasteiger partial charge in [-0.05, 0) is 32.4 Å². The van der Waals surface area contributed by atoms with Crippen LogP contribution in [0.5, 0.6) is 0 Å². The second-order valence-electron chi connectivity index (χ2n) is 3.99. The van der Waals surface area contributed by atoms with E-state index in [1.807, 2.05) is 0 Å². The molecule has 0 bridgehead atoms. The molecular formula is C9H19N3. The van der Waals surface area contributed by atoms with Gasteiger partial charge in [-0.25, -0.2) is 0 Å². The zero-order chi connectivity index (χ0) is 8.28. The summed E-state index contributed by atoms with van der Waals surface area (Å²) in [6.45, 7) is 5.81. The van der Waals surface area contributed by atoms with Gasteiger partial charge < -0.3 is 16.0 Å². The Morgan fingerprint density at radius 1 is 0.833 bits per heavy atom. The minimum Gasteiger partial charge on any atom is -0.317 e. The van der Waals surface area contributed by atoms with Crippen molar-refractivity contribution in [2.45, 2.75) is 24.8 Å². The predicted molar refractivity (Wildman–Crippen MR) is 50.3 cm³/mol. The second-order valence-corrected chi connectivity index (χ2v) is 3.99. The zero-order valence-electron chi connectivity index (χ0n) is 7.66. The van der Waals surface area contributed by atoms with Crippen LogP contribution >= 0.6 is 0 Å². The summed E-state index contributed by atoms with van der Waals surface area (Å²) in [7, 11) is 0. The molecule has 12 heavy (non-hydrogen) atoms. The van der Waals surface area contributed by atoms with Gasteiger partial charge in [0.15, 0.2) is 0 Å². The molecule has 1 atom stereocenters. The minimum absolute atomic E-state index is 0.418. The summed E-state index contributed by atoms with van der Waals surface area (Å²) in [5, 5.41) is 10.6. The molecule has 3 N–H and O–H groups in total. The molecule has 2 aliphatic heterocycles. The fraction of sp³-hybridized carbons (Fsp3) is 1.00. The van der Waals surface area contributed by atoms with Crippen LogP contribution in [-0.2, 0) is 0 Å². The van der Waals surface area contributed by atoms with Crippen LogP contribution in [-0.4, -0.2) is 38.3 Å². The third kappa shape index (κ3) is 1.79. The SMILES string of the molecule is C1CNCCC2(C1)CNCCN2. The van der Waals surface area contributed by atoms with Crippen LogP contribution in [0.1, 0.15) is 19.3 Å². The highest BCUT2D eigenvalue weighted by molar-refractivity contribution is 4.95. The van der Waals surface area contributed by atoms with E-state index in [9.17, 15) is 0 Å². The van der Waals surface area contributed by atoms with E-state index in [4.69, 9.17) is 0 Å². The number of hydrogen-bond acceptors (Lipinski definition) is 3. The molecule has 0 amide bonds. The van der Waals surface area contributed by atoms with E-state index in [0.29, 0.717) is 5.54 Å². The van der Waals surface area contributed by atoms with Gasteiger partial charge in [0.2, 0.25) is 0 Å². The zero-order valence-corrected chi connectivity index (χ0v) is 7.66. The lowest BCUT2D eigenvalue weighted by Gasteiger charge is -2.38. The first-order chi connectivity index (χ1) is 5.91. The molecule has 2 rings (SSSR count). The standard InChI is InChI=1S/C9H19N3/c1-2-9(3-5-10-4-1)8-11-6-7-12-9/h10-12H,1-8H2. The van der Waals surface area contributed by atoms with Crippen molar-refractivity contribution in [1.29, 1.82) is 0 Å².